The molecule has 1 amide bonds. The van der Waals surface area contributed by atoms with Crippen LogP contribution in [0, 0.1) is 13.8 Å². The molecule has 2 aromatic rings. The number of rotatable bonds is 3. The number of nitrogens with zero attached hydrogens (tertiary/aromatic N) is 3. The van der Waals surface area contributed by atoms with Gasteiger partial charge in [0.25, 0.3) is 5.91 Å². The van der Waals surface area contributed by atoms with E-state index in [2.05, 4.69) is 15.2 Å². The van der Waals surface area contributed by atoms with Crippen LogP contribution in [-0.4, -0.2) is 33.0 Å². The second-order valence-electron chi connectivity index (χ2n) is 3.94. The summed E-state index contributed by atoms with van der Waals surface area (Å²) in [6, 6.07) is 1.71. The molecule has 0 aromatic carbocycles. The molecular formula is C11H14N4O2. The van der Waals surface area contributed by atoms with Gasteiger partial charge in [-0.05, 0) is 19.9 Å². The summed E-state index contributed by atoms with van der Waals surface area (Å²) in [5, 5.41) is 6.72. The predicted octanol–water partition coefficient (Wildman–Crippen LogP) is 1.29. The van der Waals surface area contributed by atoms with Crippen molar-refractivity contribution in [2.45, 2.75) is 20.4 Å². The van der Waals surface area contributed by atoms with Gasteiger partial charge in [-0.15, -0.1) is 0 Å². The van der Waals surface area contributed by atoms with Crippen molar-refractivity contribution < 1.29 is 9.21 Å². The second kappa shape index (κ2) is 4.40. The number of hydrogen-bond donors (Lipinski definition) is 1. The molecule has 0 bridgehead atoms. The summed E-state index contributed by atoms with van der Waals surface area (Å²) >= 11 is 0. The van der Waals surface area contributed by atoms with Gasteiger partial charge in [-0.1, -0.05) is 0 Å². The molecular weight excluding hydrogens is 220 g/mol. The Bertz CT molecular complexity index is 529. The van der Waals surface area contributed by atoms with Crippen molar-refractivity contribution in [1.29, 1.82) is 0 Å². The standard InChI is InChI=1S/C11H14N4O2/c1-7-4-9(6-17-7)11(16)15(3)5-10-12-8(2)13-14-10/h4,6H,5H2,1-3H3,(H,12,13,14). The predicted molar refractivity (Wildman–Crippen MR) is 60.4 cm³/mol. The quantitative estimate of drug-likeness (QED) is 0.868. The van der Waals surface area contributed by atoms with Gasteiger partial charge in [0.2, 0.25) is 0 Å². The van der Waals surface area contributed by atoms with Gasteiger partial charge in [-0.2, -0.15) is 5.10 Å². The summed E-state index contributed by atoms with van der Waals surface area (Å²) in [6.45, 7) is 3.99. The summed E-state index contributed by atoms with van der Waals surface area (Å²) in [5.74, 6) is 1.94. The first-order valence-electron chi connectivity index (χ1n) is 5.25. The number of carbonyl (C=O) groups excluding carboxylic acids is 1. The molecule has 17 heavy (non-hydrogen) atoms. The topological polar surface area (TPSA) is 75.0 Å². The molecule has 0 spiro atoms. The maximum Gasteiger partial charge on any atom is 0.257 e. The van der Waals surface area contributed by atoms with E-state index >= 15 is 0 Å². The number of carbonyl (C=O) groups is 1. The lowest BCUT2D eigenvalue weighted by Crippen LogP contribution is -2.26. The van der Waals surface area contributed by atoms with Gasteiger partial charge < -0.3 is 9.32 Å². The molecule has 0 aliphatic rings. The molecule has 2 rings (SSSR count). The zero-order valence-electron chi connectivity index (χ0n) is 10.0. The van der Waals surface area contributed by atoms with Crippen LogP contribution in [0.1, 0.15) is 27.8 Å². The minimum Gasteiger partial charge on any atom is -0.469 e. The minimum atomic E-state index is -0.107. The fraction of sp³-hybridized carbons (Fsp3) is 0.364. The van der Waals surface area contributed by atoms with Crippen LogP contribution in [0.25, 0.3) is 0 Å². The molecule has 90 valence electrons. The first-order valence-corrected chi connectivity index (χ1v) is 5.25. The maximum absolute atomic E-state index is 12.0. The van der Waals surface area contributed by atoms with E-state index < -0.39 is 0 Å². The molecule has 0 aliphatic heterocycles. The molecule has 1 N–H and O–H groups in total. The number of aryl methyl sites for hydroxylation is 2. The van der Waals surface area contributed by atoms with Crippen LogP contribution >= 0.6 is 0 Å². The van der Waals surface area contributed by atoms with Crippen molar-refractivity contribution in [1.82, 2.24) is 20.1 Å². The van der Waals surface area contributed by atoms with Gasteiger partial charge in [0.1, 0.15) is 17.8 Å². The Balaban J connectivity index is 2.05. The lowest BCUT2D eigenvalue weighted by atomic mass is 10.3. The number of furan rings is 1. The number of H-pyrrole nitrogens is 1. The first kappa shape index (κ1) is 11.4. The number of nitrogens with one attached hydrogen (secondary N) is 1. The van der Waals surface area contributed by atoms with Gasteiger partial charge >= 0.3 is 0 Å². The zero-order chi connectivity index (χ0) is 12.4. The normalized spacial score (nSPS) is 10.5. The highest BCUT2D eigenvalue weighted by molar-refractivity contribution is 5.93. The minimum absolute atomic E-state index is 0.107. The lowest BCUT2D eigenvalue weighted by Gasteiger charge is -2.13. The van der Waals surface area contributed by atoms with Crippen LogP contribution in [0.4, 0.5) is 0 Å². The molecule has 6 nitrogen and oxygen atoms in total. The van der Waals surface area contributed by atoms with E-state index in [1.165, 1.54) is 6.26 Å². The molecule has 2 aromatic heterocycles. The molecule has 0 saturated carbocycles. The molecule has 2 heterocycles. The highest BCUT2D eigenvalue weighted by atomic mass is 16.3. The number of amides is 1. The maximum atomic E-state index is 12.0. The average Bonchev–Trinajstić information content (AvgIpc) is 2.87. The second-order valence-corrected chi connectivity index (χ2v) is 3.94. The average molecular weight is 234 g/mol. The molecule has 0 saturated heterocycles. The Morgan fingerprint density at radius 2 is 2.29 bits per heavy atom. The Morgan fingerprint density at radius 3 is 2.82 bits per heavy atom. The van der Waals surface area contributed by atoms with E-state index in [4.69, 9.17) is 4.42 Å². The number of hydrogen-bond acceptors (Lipinski definition) is 4. The third kappa shape index (κ3) is 2.52. The van der Waals surface area contributed by atoms with Gasteiger partial charge in [0, 0.05) is 7.05 Å². The van der Waals surface area contributed by atoms with Crippen LogP contribution < -0.4 is 0 Å². The molecule has 0 atom stereocenters. The summed E-state index contributed by atoms with van der Waals surface area (Å²) < 4.78 is 5.11. The van der Waals surface area contributed by atoms with E-state index in [1.807, 2.05) is 6.92 Å². The van der Waals surface area contributed by atoms with E-state index in [0.29, 0.717) is 17.9 Å². The molecule has 0 unspecified atom stereocenters. The van der Waals surface area contributed by atoms with Crippen LogP contribution in [0.5, 0.6) is 0 Å². The molecule has 6 heteroatoms. The van der Waals surface area contributed by atoms with Crippen molar-refractivity contribution in [3.63, 3.8) is 0 Å². The SMILES string of the molecule is Cc1nc(CN(C)C(=O)c2coc(C)c2)n[nH]1. The summed E-state index contributed by atoms with van der Waals surface area (Å²) in [4.78, 5) is 17.7. The van der Waals surface area contributed by atoms with E-state index in [1.54, 1.807) is 24.9 Å². The fourth-order valence-corrected chi connectivity index (χ4v) is 1.52. The highest BCUT2D eigenvalue weighted by Crippen LogP contribution is 2.10. The van der Waals surface area contributed by atoms with Gasteiger partial charge in [0.15, 0.2) is 5.82 Å². The monoisotopic (exact) mass is 234 g/mol. The Morgan fingerprint density at radius 1 is 1.53 bits per heavy atom. The van der Waals surface area contributed by atoms with Crippen LogP contribution in [0.15, 0.2) is 16.7 Å². The molecule has 0 fully saturated rings. The van der Waals surface area contributed by atoms with Crippen molar-refractivity contribution in [2.24, 2.45) is 0 Å². The van der Waals surface area contributed by atoms with Crippen molar-refractivity contribution in [3.8, 4) is 0 Å². The van der Waals surface area contributed by atoms with Crippen LogP contribution in [0.3, 0.4) is 0 Å². The van der Waals surface area contributed by atoms with Gasteiger partial charge in [-0.25, -0.2) is 4.98 Å². The smallest absolute Gasteiger partial charge is 0.257 e. The fourth-order valence-electron chi connectivity index (χ4n) is 1.52. The lowest BCUT2D eigenvalue weighted by molar-refractivity contribution is 0.0781. The third-order valence-electron chi connectivity index (χ3n) is 2.35. The summed E-state index contributed by atoms with van der Waals surface area (Å²) in [5.41, 5.74) is 0.539. The number of aromatic amines is 1. The Kier molecular flexibility index (Phi) is 2.95. The van der Waals surface area contributed by atoms with E-state index in [0.717, 1.165) is 11.6 Å². The van der Waals surface area contributed by atoms with Gasteiger partial charge in [-0.3, -0.25) is 9.89 Å². The highest BCUT2D eigenvalue weighted by Gasteiger charge is 2.15. The van der Waals surface area contributed by atoms with Crippen molar-refractivity contribution in [2.75, 3.05) is 7.05 Å². The number of aromatic nitrogens is 3. The summed E-state index contributed by atoms with van der Waals surface area (Å²) in [6.07, 6.45) is 1.46. The van der Waals surface area contributed by atoms with Crippen molar-refractivity contribution in [3.05, 3.63) is 35.3 Å². The third-order valence-corrected chi connectivity index (χ3v) is 2.35. The van der Waals surface area contributed by atoms with E-state index in [9.17, 15) is 4.79 Å². The molecule has 0 aliphatic carbocycles. The van der Waals surface area contributed by atoms with E-state index in [-0.39, 0.29) is 5.91 Å². The van der Waals surface area contributed by atoms with Crippen LogP contribution in [0.2, 0.25) is 0 Å². The summed E-state index contributed by atoms with van der Waals surface area (Å²) in [7, 11) is 1.70. The largest absolute Gasteiger partial charge is 0.469 e. The van der Waals surface area contributed by atoms with Gasteiger partial charge in [0.05, 0.1) is 12.1 Å². The zero-order valence-corrected chi connectivity index (χ0v) is 10.0. The van der Waals surface area contributed by atoms with Crippen molar-refractivity contribution >= 4 is 5.91 Å². The van der Waals surface area contributed by atoms with Crippen LogP contribution in [-0.2, 0) is 6.54 Å². The Labute approximate surface area is 98.6 Å². The first-order chi connectivity index (χ1) is 8.06. The Hall–Kier alpha value is -2.11. The molecule has 0 radical (unpaired) electrons.